The Morgan fingerprint density at radius 2 is 1.14 bits per heavy atom. The van der Waals surface area contributed by atoms with E-state index < -0.39 is 22.8 Å². The van der Waals surface area contributed by atoms with Crippen LogP contribution in [0.15, 0.2) is 84.9 Å². The highest BCUT2D eigenvalue weighted by molar-refractivity contribution is 6.32. The lowest BCUT2D eigenvalue weighted by Gasteiger charge is -2.13. The summed E-state index contributed by atoms with van der Waals surface area (Å²) < 4.78 is 28.3. The molecule has 4 aromatic rings. The van der Waals surface area contributed by atoms with E-state index in [-0.39, 0.29) is 45.5 Å². The molecule has 0 N–H and O–H groups in total. The number of carbonyl (C=O) groups is 3. The topological polar surface area (TPSA) is 140 Å². The van der Waals surface area contributed by atoms with Crippen molar-refractivity contribution < 1.29 is 43.0 Å². The highest BCUT2D eigenvalue weighted by Crippen LogP contribution is 2.30. The van der Waals surface area contributed by atoms with Gasteiger partial charge in [-0.1, -0.05) is 89.7 Å². The van der Waals surface area contributed by atoms with Crippen molar-refractivity contribution in [3.63, 3.8) is 0 Å². The van der Waals surface area contributed by atoms with Crippen LogP contribution in [0.1, 0.15) is 128 Å². The van der Waals surface area contributed by atoms with Gasteiger partial charge in [-0.05, 0) is 91.2 Å². The summed E-state index contributed by atoms with van der Waals surface area (Å²) in [7, 11) is 0. The monoisotopic (exact) mass is 787 g/mol. The molecule has 0 fully saturated rings. The molecule has 4 rings (SSSR count). The Morgan fingerprint density at radius 1 is 0.589 bits per heavy atom. The minimum atomic E-state index is -0.896. The minimum Gasteiger partial charge on any atom is -0.494 e. The molecule has 0 saturated heterocycles. The lowest BCUT2D eigenvalue weighted by atomic mass is 10.1. The number of esters is 3. The minimum absolute atomic E-state index is 0.00426. The molecule has 0 spiro atoms. The van der Waals surface area contributed by atoms with Crippen molar-refractivity contribution in [1.82, 2.24) is 0 Å². The summed E-state index contributed by atoms with van der Waals surface area (Å²) in [5.41, 5.74) is 0.538. The van der Waals surface area contributed by atoms with Crippen molar-refractivity contribution >= 4 is 35.2 Å². The zero-order valence-corrected chi connectivity index (χ0v) is 32.9. The predicted molar refractivity (Wildman–Crippen MR) is 214 cm³/mol. The molecule has 298 valence electrons. The summed E-state index contributed by atoms with van der Waals surface area (Å²) in [5.74, 6) is -1.47. The zero-order valence-electron chi connectivity index (χ0n) is 32.1. The number of unbranched alkanes of at least 4 members (excludes halogenated alkanes) is 10. The molecule has 0 radical (unpaired) electrons. The molecule has 12 heteroatoms. The van der Waals surface area contributed by atoms with Crippen molar-refractivity contribution in [2.45, 2.75) is 97.5 Å². The first kappa shape index (κ1) is 43.3. The van der Waals surface area contributed by atoms with Crippen LogP contribution in [-0.4, -0.2) is 36.0 Å². The van der Waals surface area contributed by atoms with Gasteiger partial charge in [-0.15, -0.1) is 0 Å². The van der Waals surface area contributed by atoms with E-state index in [1.54, 1.807) is 30.3 Å². The third-order valence-corrected chi connectivity index (χ3v) is 9.18. The van der Waals surface area contributed by atoms with Crippen LogP contribution in [0, 0.1) is 10.1 Å². The number of benzene rings is 4. The van der Waals surface area contributed by atoms with Crippen LogP contribution in [0.25, 0.3) is 0 Å². The fourth-order valence-electron chi connectivity index (χ4n) is 5.66. The quantitative estimate of drug-likeness (QED) is 0.0221. The molecular formula is C44H50ClNO10. The summed E-state index contributed by atoms with van der Waals surface area (Å²) in [6.45, 7) is 5.21. The van der Waals surface area contributed by atoms with Crippen LogP contribution in [0.5, 0.6) is 23.0 Å². The van der Waals surface area contributed by atoms with E-state index in [9.17, 15) is 24.5 Å². The van der Waals surface area contributed by atoms with Crippen molar-refractivity contribution in [2.24, 2.45) is 0 Å². The van der Waals surface area contributed by atoms with Crippen LogP contribution in [-0.2, 0) is 11.3 Å². The van der Waals surface area contributed by atoms with Crippen molar-refractivity contribution in [3.8, 4) is 23.0 Å². The second-order valence-electron chi connectivity index (χ2n) is 13.3. The van der Waals surface area contributed by atoms with Gasteiger partial charge < -0.3 is 23.7 Å². The van der Waals surface area contributed by atoms with Crippen molar-refractivity contribution in [1.29, 1.82) is 0 Å². The van der Waals surface area contributed by atoms with Crippen LogP contribution in [0.3, 0.4) is 0 Å². The third kappa shape index (κ3) is 14.3. The SMILES string of the molecule is CCCCCCCCOc1ccc(C(=O)Oc2ccc(OC(=O)c3ccc(OCCCCCCCC)c(Cl)c3)c(C(=O)OCc3ccc([N+](=O)[O-])cc3)c2)cc1. The van der Waals surface area contributed by atoms with Gasteiger partial charge in [-0.25, -0.2) is 14.4 Å². The van der Waals surface area contributed by atoms with Gasteiger partial charge in [0.15, 0.2) is 0 Å². The number of nitro groups is 1. The molecule has 0 heterocycles. The Bertz CT molecular complexity index is 1880. The van der Waals surface area contributed by atoms with Crippen LogP contribution < -0.4 is 18.9 Å². The summed E-state index contributed by atoms with van der Waals surface area (Å²) in [6.07, 6.45) is 13.6. The summed E-state index contributed by atoms with van der Waals surface area (Å²) >= 11 is 6.44. The lowest BCUT2D eigenvalue weighted by Crippen LogP contribution is -2.14. The first-order valence-electron chi connectivity index (χ1n) is 19.3. The second-order valence-corrected chi connectivity index (χ2v) is 13.7. The first-order chi connectivity index (χ1) is 27.2. The number of nitro benzene ring substituents is 1. The molecular weight excluding hydrogens is 738 g/mol. The van der Waals surface area contributed by atoms with Gasteiger partial charge in [-0.2, -0.15) is 0 Å². The van der Waals surface area contributed by atoms with Gasteiger partial charge in [0.25, 0.3) is 5.69 Å². The van der Waals surface area contributed by atoms with Crippen LogP contribution >= 0.6 is 11.6 Å². The Morgan fingerprint density at radius 3 is 1.77 bits per heavy atom. The van der Waals surface area contributed by atoms with E-state index in [1.165, 1.54) is 99.5 Å². The molecule has 0 aliphatic rings. The number of non-ortho nitro benzene ring substituents is 1. The highest BCUT2D eigenvalue weighted by Gasteiger charge is 2.22. The smallest absolute Gasteiger partial charge is 0.343 e. The fourth-order valence-corrected chi connectivity index (χ4v) is 5.89. The molecule has 0 aliphatic carbocycles. The number of hydrogen-bond donors (Lipinski definition) is 0. The molecule has 0 bridgehead atoms. The third-order valence-electron chi connectivity index (χ3n) is 8.88. The maximum atomic E-state index is 13.4. The zero-order chi connectivity index (χ0) is 40.1. The van der Waals surface area contributed by atoms with E-state index in [0.29, 0.717) is 30.3 Å². The summed E-state index contributed by atoms with van der Waals surface area (Å²) in [5, 5.41) is 11.3. The normalized spacial score (nSPS) is 10.8. The molecule has 56 heavy (non-hydrogen) atoms. The number of halogens is 1. The molecule has 0 atom stereocenters. The van der Waals surface area contributed by atoms with Crippen LogP contribution in [0.4, 0.5) is 5.69 Å². The molecule has 0 aromatic heterocycles. The molecule has 0 saturated carbocycles. The molecule has 11 nitrogen and oxygen atoms in total. The van der Waals surface area contributed by atoms with Gasteiger partial charge >= 0.3 is 17.9 Å². The largest absolute Gasteiger partial charge is 0.494 e. The average molecular weight is 788 g/mol. The molecule has 4 aromatic carbocycles. The van der Waals surface area contributed by atoms with E-state index in [1.807, 2.05) is 0 Å². The fraction of sp³-hybridized carbons (Fsp3) is 0.386. The van der Waals surface area contributed by atoms with Gasteiger partial charge in [0, 0.05) is 12.1 Å². The van der Waals surface area contributed by atoms with E-state index in [2.05, 4.69) is 13.8 Å². The average Bonchev–Trinajstić information content (AvgIpc) is 3.20. The number of rotatable bonds is 24. The Hall–Kier alpha value is -5.42. The Balaban J connectivity index is 1.43. The molecule has 0 unspecified atom stereocenters. The lowest BCUT2D eigenvalue weighted by molar-refractivity contribution is -0.384. The maximum Gasteiger partial charge on any atom is 0.343 e. The second kappa shape index (κ2) is 23.5. The maximum absolute atomic E-state index is 13.4. The van der Waals surface area contributed by atoms with Gasteiger partial charge in [0.05, 0.1) is 34.3 Å². The molecule has 0 aliphatic heterocycles. The number of hydrogen-bond acceptors (Lipinski definition) is 10. The summed E-state index contributed by atoms with van der Waals surface area (Å²) in [4.78, 5) is 50.3. The first-order valence-corrected chi connectivity index (χ1v) is 19.7. The highest BCUT2D eigenvalue weighted by atomic mass is 35.5. The van der Waals surface area contributed by atoms with Crippen molar-refractivity contribution in [3.05, 3.63) is 122 Å². The van der Waals surface area contributed by atoms with Gasteiger partial charge in [-0.3, -0.25) is 10.1 Å². The Kier molecular flexibility index (Phi) is 18.2. The standard InChI is InChI=1S/C44H50ClNO10/c1-3-5-7-9-11-13-27-52-36-22-17-33(18-23-36)42(47)55-37-24-26-40(38(30-37)44(49)54-31-32-15-20-35(21-16-32)46(50)51)56-43(48)34-19-25-41(39(45)29-34)53-28-14-12-10-8-6-4-2/h15-26,29-30H,3-14,27-28,31H2,1-2H3. The predicted octanol–water partition coefficient (Wildman–Crippen LogP) is 11.5. The van der Waals surface area contributed by atoms with E-state index in [0.717, 1.165) is 32.1 Å². The van der Waals surface area contributed by atoms with E-state index >= 15 is 0 Å². The molecule has 0 amide bonds. The van der Waals surface area contributed by atoms with Crippen LogP contribution in [0.2, 0.25) is 5.02 Å². The Labute approximate surface area is 333 Å². The number of ether oxygens (including phenoxy) is 5. The number of carbonyl (C=O) groups excluding carboxylic acids is 3. The van der Waals surface area contributed by atoms with Crippen molar-refractivity contribution in [2.75, 3.05) is 13.2 Å². The number of nitrogens with zero attached hydrogens (tertiary/aromatic N) is 1. The van der Waals surface area contributed by atoms with Gasteiger partial charge in [0.1, 0.15) is 35.2 Å². The van der Waals surface area contributed by atoms with E-state index in [4.69, 9.17) is 35.3 Å². The summed E-state index contributed by atoms with van der Waals surface area (Å²) in [6, 6.07) is 20.5. The van der Waals surface area contributed by atoms with Gasteiger partial charge in [0.2, 0.25) is 0 Å².